The number of carbonyl (C=O) groups excluding carboxylic acids is 1. The van der Waals surface area contributed by atoms with E-state index in [2.05, 4.69) is 5.32 Å². The standard InChI is InChI=1S/C14H10F3NO/c1-8-3-2-4-10(13(8)17)14(19)18-12-7-9(15)5-6-11(12)16/h2-7H,1H3,(H,18,19). The number of anilines is 1. The Bertz CT molecular complexity index is 641. The van der Waals surface area contributed by atoms with Crippen LogP contribution in [0.3, 0.4) is 0 Å². The minimum absolute atomic E-state index is 0.219. The normalized spacial score (nSPS) is 10.3. The molecule has 0 bridgehead atoms. The van der Waals surface area contributed by atoms with Crippen LogP contribution in [0, 0.1) is 24.4 Å². The van der Waals surface area contributed by atoms with Crippen LogP contribution in [0.2, 0.25) is 0 Å². The summed E-state index contributed by atoms with van der Waals surface area (Å²) in [6.07, 6.45) is 0. The van der Waals surface area contributed by atoms with Crippen molar-refractivity contribution in [1.29, 1.82) is 0 Å². The molecule has 0 saturated carbocycles. The second-order valence-corrected chi connectivity index (χ2v) is 4.01. The van der Waals surface area contributed by atoms with Crippen LogP contribution in [-0.2, 0) is 0 Å². The van der Waals surface area contributed by atoms with Crippen molar-refractivity contribution in [2.45, 2.75) is 6.92 Å². The highest BCUT2D eigenvalue weighted by molar-refractivity contribution is 6.04. The molecule has 2 aromatic rings. The van der Waals surface area contributed by atoms with E-state index < -0.39 is 23.4 Å². The van der Waals surface area contributed by atoms with Crippen molar-refractivity contribution in [2.75, 3.05) is 5.32 Å². The van der Waals surface area contributed by atoms with E-state index >= 15 is 0 Å². The summed E-state index contributed by atoms with van der Waals surface area (Å²) in [6, 6.07) is 6.94. The highest BCUT2D eigenvalue weighted by atomic mass is 19.1. The number of benzene rings is 2. The first kappa shape index (κ1) is 13.1. The summed E-state index contributed by atoms with van der Waals surface area (Å²) < 4.78 is 40.0. The first-order chi connectivity index (χ1) is 8.99. The number of hydrogen-bond donors (Lipinski definition) is 1. The SMILES string of the molecule is Cc1cccc(C(=O)Nc2cc(F)ccc2F)c1F. The minimum Gasteiger partial charge on any atom is -0.319 e. The fourth-order valence-electron chi connectivity index (χ4n) is 1.61. The number of nitrogens with one attached hydrogen (secondary N) is 1. The van der Waals surface area contributed by atoms with Crippen LogP contribution < -0.4 is 5.32 Å². The fraction of sp³-hybridized carbons (Fsp3) is 0.0714. The first-order valence-corrected chi connectivity index (χ1v) is 5.50. The molecule has 2 aromatic carbocycles. The van der Waals surface area contributed by atoms with Gasteiger partial charge < -0.3 is 5.32 Å². The molecule has 0 atom stereocenters. The molecule has 0 radical (unpaired) electrons. The number of halogens is 3. The molecule has 0 aliphatic rings. The van der Waals surface area contributed by atoms with Crippen molar-refractivity contribution >= 4 is 11.6 Å². The number of aryl methyl sites for hydroxylation is 1. The lowest BCUT2D eigenvalue weighted by Gasteiger charge is -2.08. The Hall–Kier alpha value is -2.30. The maximum absolute atomic E-state index is 13.7. The van der Waals surface area contributed by atoms with E-state index in [-0.39, 0.29) is 11.3 Å². The fourth-order valence-corrected chi connectivity index (χ4v) is 1.61. The molecule has 0 fully saturated rings. The zero-order valence-electron chi connectivity index (χ0n) is 10.0. The Kier molecular flexibility index (Phi) is 3.55. The number of amides is 1. The highest BCUT2D eigenvalue weighted by Crippen LogP contribution is 2.18. The quantitative estimate of drug-likeness (QED) is 0.882. The molecule has 1 N–H and O–H groups in total. The van der Waals surface area contributed by atoms with Gasteiger partial charge in [0.1, 0.15) is 17.5 Å². The van der Waals surface area contributed by atoms with Crippen LogP contribution in [0.1, 0.15) is 15.9 Å². The Morgan fingerprint density at radius 3 is 2.58 bits per heavy atom. The molecule has 5 heteroatoms. The molecule has 0 saturated heterocycles. The van der Waals surface area contributed by atoms with E-state index in [1.54, 1.807) is 0 Å². The molecule has 2 rings (SSSR count). The van der Waals surface area contributed by atoms with Gasteiger partial charge in [0.05, 0.1) is 11.3 Å². The van der Waals surface area contributed by atoms with Crippen LogP contribution >= 0.6 is 0 Å². The predicted octanol–water partition coefficient (Wildman–Crippen LogP) is 3.66. The van der Waals surface area contributed by atoms with E-state index in [0.717, 1.165) is 18.2 Å². The van der Waals surface area contributed by atoms with Gasteiger partial charge in [0.2, 0.25) is 0 Å². The molecule has 2 nitrogen and oxygen atoms in total. The van der Waals surface area contributed by atoms with Crippen molar-refractivity contribution < 1.29 is 18.0 Å². The van der Waals surface area contributed by atoms with Gasteiger partial charge in [0, 0.05) is 6.07 Å². The summed E-state index contributed by atoms with van der Waals surface area (Å²) >= 11 is 0. The van der Waals surface area contributed by atoms with Gasteiger partial charge in [0.15, 0.2) is 0 Å². The van der Waals surface area contributed by atoms with E-state index in [1.807, 2.05) is 0 Å². The number of rotatable bonds is 2. The molecule has 0 unspecified atom stereocenters. The third kappa shape index (κ3) is 2.76. The van der Waals surface area contributed by atoms with Crippen LogP contribution in [-0.4, -0.2) is 5.91 Å². The maximum Gasteiger partial charge on any atom is 0.258 e. The van der Waals surface area contributed by atoms with Crippen LogP contribution in [0.4, 0.5) is 18.9 Å². The Morgan fingerprint density at radius 1 is 1.11 bits per heavy atom. The highest BCUT2D eigenvalue weighted by Gasteiger charge is 2.15. The topological polar surface area (TPSA) is 29.1 Å². The van der Waals surface area contributed by atoms with Crippen LogP contribution in [0.25, 0.3) is 0 Å². The second kappa shape index (κ2) is 5.14. The van der Waals surface area contributed by atoms with Gasteiger partial charge in [0.25, 0.3) is 5.91 Å². The molecule has 0 spiro atoms. The van der Waals surface area contributed by atoms with Crippen molar-refractivity contribution in [2.24, 2.45) is 0 Å². The molecule has 0 aliphatic carbocycles. The third-order valence-corrected chi connectivity index (χ3v) is 2.61. The van der Waals surface area contributed by atoms with E-state index in [1.165, 1.54) is 25.1 Å². The van der Waals surface area contributed by atoms with Crippen molar-refractivity contribution in [3.05, 3.63) is 65.0 Å². The van der Waals surface area contributed by atoms with Gasteiger partial charge in [-0.2, -0.15) is 0 Å². The first-order valence-electron chi connectivity index (χ1n) is 5.50. The average molecular weight is 265 g/mol. The summed E-state index contributed by atoms with van der Waals surface area (Å²) in [7, 11) is 0. The zero-order chi connectivity index (χ0) is 14.0. The van der Waals surface area contributed by atoms with Crippen molar-refractivity contribution in [3.8, 4) is 0 Å². The summed E-state index contributed by atoms with van der Waals surface area (Å²) in [4.78, 5) is 11.8. The van der Waals surface area contributed by atoms with Gasteiger partial charge in [-0.1, -0.05) is 12.1 Å². The average Bonchev–Trinajstić information content (AvgIpc) is 2.37. The summed E-state index contributed by atoms with van der Waals surface area (Å²) in [5.74, 6) is -2.99. The Balaban J connectivity index is 2.31. The Morgan fingerprint density at radius 2 is 1.84 bits per heavy atom. The van der Waals surface area contributed by atoms with E-state index in [9.17, 15) is 18.0 Å². The van der Waals surface area contributed by atoms with Crippen LogP contribution in [0.15, 0.2) is 36.4 Å². The number of hydrogen-bond acceptors (Lipinski definition) is 1. The smallest absolute Gasteiger partial charge is 0.258 e. The molecule has 19 heavy (non-hydrogen) atoms. The van der Waals surface area contributed by atoms with Crippen molar-refractivity contribution in [1.82, 2.24) is 0 Å². The van der Waals surface area contributed by atoms with Gasteiger partial charge >= 0.3 is 0 Å². The Labute approximate surface area is 107 Å². The summed E-state index contributed by atoms with van der Waals surface area (Å²) in [5, 5.41) is 2.14. The largest absolute Gasteiger partial charge is 0.319 e. The second-order valence-electron chi connectivity index (χ2n) is 4.01. The van der Waals surface area contributed by atoms with Crippen LogP contribution in [0.5, 0.6) is 0 Å². The maximum atomic E-state index is 13.7. The minimum atomic E-state index is -0.828. The number of carbonyl (C=O) groups is 1. The molecule has 98 valence electrons. The predicted molar refractivity (Wildman–Crippen MR) is 65.4 cm³/mol. The molecule has 1 amide bonds. The molecular weight excluding hydrogens is 255 g/mol. The van der Waals surface area contributed by atoms with Gasteiger partial charge in [-0.05, 0) is 30.7 Å². The summed E-state index contributed by atoms with van der Waals surface area (Å²) in [5.41, 5.74) is -0.248. The lowest BCUT2D eigenvalue weighted by molar-refractivity contribution is 0.102. The lowest BCUT2D eigenvalue weighted by Crippen LogP contribution is -2.15. The molecule has 0 aliphatic heterocycles. The van der Waals surface area contributed by atoms with E-state index in [4.69, 9.17) is 0 Å². The van der Waals surface area contributed by atoms with Crippen molar-refractivity contribution in [3.63, 3.8) is 0 Å². The lowest BCUT2D eigenvalue weighted by atomic mass is 10.1. The monoisotopic (exact) mass is 265 g/mol. The zero-order valence-corrected chi connectivity index (χ0v) is 10.0. The van der Waals surface area contributed by atoms with Gasteiger partial charge in [-0.25, -0.2) is 13.2 Å². The van der Waals surface area contributed by atoms with Gasteiger partial charge in [-0.3, -0.25) is 4.79 Å². The third-order valence-electron chi connectivity index (χ3n) is 2.61. The van der Waals surface area contributed by atoms with E-state index in [0.29, 0.717) is 5.56 Å². The summed E-state index contributed by atoms with van der Waals surface area (Å²) in [6.45, 7) is 1.51. The molecule has 0 heterocycles. The van der Waals surface area contributed by atoms with Gasteiger partial charge in [-0.15, -0.1) is 0 Å². The molecular formula is C14H10F3NO. The molecule has 0 aromatic heterocycles.